The SMILES string of the molecule is Cc1c(-c2nccc(N)n2)c2ccccc2n1C. The predicted molar refractivity (Wildman–Crippen MR) is 73.1 cm³/mol. The van der Waals surface area contributed by atoms with E-state index in [2.05, 4.69) is 33.6 Å². The molecule has 0 fully saturated rings. The van der Waals surface area contributed by atoms with Crippen LogP contribution >= 0.6 is 0 Å². The van der Waals surface area contributed by atoms with E-state index >= 15 is 0 Å². The molecular formula is C14H14N4. The molecule has 2 aromatic heterocycles. The Hall–Kier alpha value is -2.36. The number of benzene rings is 1. The summed E-state index contributed by atoms with van der Waals surface area (Å²) in [5, 5.41) is 1.16. The van der Waals surface area contributed by atoms with Gasteiger partial charge in [-0.05, 0) is 19.1 Å². The second-order valence-electron chi connectivity index (χ2n) is 4.34. The van der Waals surface area contributed by atoms with Crippen LogP contribution in [0.25, 0.3) is 22.3 Å². The van der Waals surface area contributed by atoms with E-state index in [0.717, 1.165) is 16.6 Å². The highest BCUT2D eigenvalue weighted by Gasteiger charge is 2.15. The molecule has 18 heavy (non-hydrogen) atoms. The monoisotopic (exact) mass is 238 g/mol. The molecular weight excluding hydrogens is 224 g/mol. The van der Waals surface area contributed by atoms with Gasteiger partial charge in [-0.3, -0.25) is 0 Å². The van der Waals surface area contributed by atoms with Gasteiger partial charge in [0.25, 0.3) is 0 Å². The number of fused-ring (bicyclic) bond motifs is 1. The minimum atomic E-state index is 0.493. The van der Waals surface area contributed by atoms with Gasteiger partial charge >= 0.3 is 0 Å². The molecule has 0 radical (unpaired) electrons. The van der Waals surface area contributed by atoms with Crippen molar-refractivity contribution in [2.45, 2.75) is 6.92 Å². The molecule has 0 aliphatic rings. The first-order chi connectivity index (χ1) is 8.68. The van der Waals surface area contributed by atoms with Gasteiger partial charge in [0.1, 0.15) is 5.82 Å². The lowest BCUT2D eigenvalue weighted by atomic mass is 10.1. The van der Waals surface area contributed by atoms with Gasteiger partial charge in [-0.25, -0.2) is 9.97 Å². The van der Waals surface area contributed by atoms with Crippen molar-refractivity contribution in [2.24, 2.45) is 7.05 Å². The van der Waals surface area contributed by atoms with Crippen LogP contribution in [0, 0.1) is 6.92 Å². The fraction of sp³-hybridized carbons (Fsp3) is 0.143. The van der Waals surface area contributed by atoms with Crippen molar-refractivity contribution in [1.29, 1.82) is 0 Å². The van der Waals surface area contributed by atoms with E-state index in [9.17, 15) is 0 Å². The molecule has 3 rings (SSSR count). The van der Waals surface area contributed by atoms with Gasteiger partial charge in [0.2, 0.25) is 0 Å². The summed E-state index contributed by atoms with van der Waals surface area (Å²) in [5.74, 6) is 1.18. The number of nitrogen functional groups attached to an aromatic ring is 1. The molecule has 3 aromatic rings. The minimum Gasteiger partial charge on any atom is -0.384 e. The molecule has 2 heterocycles. The van der Waals surface area contributed by atoms with Crippen LogP contribution in [-0.2, 0) is 7.05 Å². The topological polar surface area (TPSA) is 56.7 Å². The van der Waals surface area contributed by atoms with E-state index in [1.165, 1.54) is 5.52 Å². The first-order valence-electron chi connectivity index (χ1n) is 5.81. The Balaban J connectivity index is 2.39. The third-order valence-electron chi connectivity index (χ3n) is 3.30. The van der Waals surface area contributed by atoms with E-state index in [1.54, 1.807) is 12.3 Å². The van der Waals surface area contributed by atoms with Crippen molar-refractivity contribution in [3.63, 3.8) is 0 Å². The standard InChI is InChI=1S/C14H14N4/c1-9-13(14-16-8-7-12(15)17-14)10-5-3-4-6-11(10)18(9)2/h3-8H,1-2H3,(H2,15,16,17). The number of aromatic nitrogens is 3. The highest BCUT2D eigenvalue weighted by molar-refractivity contribution is 5.96. The van der Waals surface area contributed by atoms with Crippen LogP contribution in [0.3, 0.4) is 0 Å². The molecule has 90 valence electrons. The van der Waals surface area contributed by atoms with Crippen LogP contribution in [0.15, 0.2) is 36.5 Å². The summed E-state index contributed by atoms with van der Waals surface area (Å²) < 4.78 is 2.15. The average Bonchev–Trinajstić information content (AvgIpc) is 2.63. The molecule has 0 spiro atoms. The Bertz CT molecular complexity index is 728. The molecule has 0 aliphatic carbocycles. The number of aryl methyl sites for hydroxylation is 1. The van der Waals surface area contributed by atoms with E-state index in [1.807, 2.05) is 19.2 Å². The summed E-state index contributed by atoms with van der Waals surface area (Å²) in [6.45, 7) is 2.07. The predicted octanol–water partition coefficient (Wildman–Crippen LogP) is 2.53. The smallest absolute Gasteiger partial charge is 0.163 e. The molecule has 0 saturated carbocycles. The van der Waals surface area contributed by atoms with Gasteiger partial charge in [-0.2, -0.15) is 0 Å². The van der Waals surface area contributed by atoms with Crippen LogP contribution in [0.1, 0.15) is 5.69 Å². The van der Waals surface area contributed by atoms with Crippen LogP contribution in [0.5, 0.6) is 0 Å². The zero-order valence-corrected chi connectivity index (χ0v) is 10.4. The molecule has 0 amide bonds. The molecule has 4 nitrogen and oxygen atoms in total. The minimum absolute atomic E-state index is 0.493. The summed E-state index contributed by atoms with van der Waals surface area (Å²) in [6, 6.07) is 9.94. The molecule has 0 unspecified atom stereocenters. The second-order valence-corrected chi connectivity index (χ2v) is 4.34. The molecule has 0 bridgehead atoms. The van der Waals surface area contributed by atoms with Crippen molar-refractivity contribution >= 4 is 16.7 Å². The van der Waals surface area contributed by atoms with Crippen molar-refractivity contribution < 1.29 is 0 Å². The molecule has 0 aliphatic heterocycles. The number of hydrogen-bond acceptors (Lipinski definition) is 3. The Morgan fingerprint density at radius 3 is 2.72 bits per heavy atom. The highest BCUT2D eigenvalue weighted by Crippen LogP contribution is 2.31. The maximum Gasteiger partial charge on any atom is 0.163 e. The number of nitrogens with zero attached hydrogens (tertiary/aromatic N) is 3. The molecule has 4 heteroatoms. The number of anilines is 1. The third kappa shape index (κ3) is 1.46. The first-order valence-corrected chi connectivity index (χ1v) is 5.81. The maximum atomic E-state index is 5.74. The zero-order chi connectivity index (χ0) is 12.7. The Labute approximate surface area is 105 Å². The van der Waals surface area contributed by atoms with Crippen LogP contribution in [-0.4, -0.2) is 14.5 Å². The number of para-hydroxylation sites is 1. The Morgan fingerprint density at radius 2 is 1.94 bits per heavy atom. The number of hydrogen-bond donors (Lipinski definition) is 1. The largest absolute Gasteiger partial charge is 0.384 e. The van der Waals surface area contributed by atoms with Gasteiger partial charge in [0.05, 0.1) is 0 Å². The van der Waals surface area contributed by atoms with Crippen LogP contribution in [0.4, 0.5) is 5.82 Å². The fourth-order valence-electron chi connectivity index (χ4n) is 2.30. The number of rotatable bonds is 1. The van der Waals surface area contributed by atoms with Gasteiger partial charge < -0.3 is 10.3 Å². The summed E-state index contributed by atoms with van der Waals surface area (Å²) in [4.78, 5) is 8.65. The lowest BCUT2D eigenvalue weighted by Crippen LogP contribution is -1.96. The molecule has 1 aromatic carbocycles. The van der Waals surface area contributed by atoms with Crippen LogP contribution in [0.2, 0.25) is 0 Å². The first kappa shape index (κ1) is 10.8. The van der Waals surface area contributed by atoms with Crippen molar-refractivity contribution in [3.8, 4) is 11.4 Å². The second kappa shape index (κ2) is 3.84. The third-order valence-corrected chi connectivity index (χ3v) is 3.30. The van der Waals surface area contributed by atoms with E-state index in [0.29, 0.717) is 11.6 Å². The van der Waals surface area contributed by atoms with E-state index < -0.39 is 0 Å². The summed E-state index contributed by atoms with van der Waals surface area (Å²) in [6.07, 6.45) is 1.69. The molecule has 0 atom stereocenters. The van der Waals surface area contributed by atoms with Gasteiger partial charge in [0.15, 0.2) is 5.82 Å². The fourth-order valence-corrected chi connectivity index (χ4v) is 2.30. The van der Waals surface area contributed by atoms with Crippen molar-refractivity contribution in [2.75, 3.05) is 5.73 Å². The quantitative estimate of drug-likeness (QED) is 0.708. The summed E-state index contributed by atoms with van der Waals surface area (Å²) in [7, 11) is 2.05. The highest BCUT2D eigenvalue weighted by atomic mass is 15.0. The van der Waals surface area contributed by atoms with Crippen molar-refractivity contribution in [3.05, 3.63) is 42.2 Å². The van der Waals surface area contributed by atoms with Gasteiger partial charge in [-0.1, -0.05) is 18.2 Å². The maximum absolute atomic E-state index is 5.74. The lowest BCUT2D eigenvalue weighted by molar-refractivity contribution is 0.917. The Morgan fingerprint density at radius 1 is 1.17 bits per heavy atom. The molecule has 2 N–H and O–H groups in total. The van der Waals surface area contributed by atoms with E-state index in [-0.39, 0.29) is 0 Å². The summed E-state index contributed by atoms with van der Waals surface area (Å²) in [5.41, 5.74) is 9.11. The normalized spacial score (nSPS) is 11.0. The van der Waals surface area contributed by atoms with Crippen LogP contribution < -0.4 is 5.73 Å². The van der Waals surface area contributed by atoms with Crippen molar-refractivity contribution in [1.82, 2.24) is 14.5 Å². The lowest BCUT2D eigenvalue weighted by Gasteiger charge is -2.01. The Kier molecular flexibility index (Phi) is 2.30. The van der Waals surface area contributed by atoms with E-state index in [4.69, 9.17) is 5.73 Å². The average molecular weight is 238 g/mol. The number of nitrogens with two attached hydrogens (primary N) is 1. The molecule has 0 saturated heterocycles. The van der Waals surface area contributed by atoms with Gasteiger partial charge in [-0.15, -0.1) is 0 Å². The summed E-state index contributed by atoms with van der Waals surface area (Å²) >= 11 is 0. The van der Waals surface area contributed by atoms with Gasteiger partial charge in [0, 0.05) is 35.4 Å². The zero-order valence-electron chi connectivity index (χ0n) is 10.4.